The van der Waals surface area contributed by atoms with Gasteiger partial charge < -0.3 is 15.0 Å². The molecule has 1 atom stereocenters. The van der Waals surface area contributed by atoms with Crippen LogP contribution in [0.1, 0.15) is 20.3 Å². The molecule has 0 spiro atoms. The maximum atomic E-state index is 12.5. The number of thioether (sulfide) groups is 1. The van der Waals surface area contributed by atoms with Gasteiger partial charge in [0, 0.05) is 22.4 Å². The summed E-state index contributed by atoms with van der Waals surface area (Å²) in [5.41, 5.74) is 1.94. The van der Waals surface area contributed by atoms with Crippen molar-refractivity contribution in [3.8, 4) is 5.75 Å². The van der Waals surface area contributed by atoms with E-state index in [4.69, 9.17) is 4.74 Å². The van der Waals surface area contributed by atoms with Gasteiger partial charge in [0.1, 0.15) is 5.75 Å². The summed E-state index contributed by atoms with van der Waals surface area (Å²) in [7, 11) is 0. The number of amides is 1. The molecule has 0 radical (unpaired) electrons. The first-order valence-electron chi connectivity index (χ1n) is 8.73. The van der Waals surface area contributed by atoms with E-state index >= 15 is 0 Å². The van der Waals surface area contributed by atoms with E-state index in [1.807, 2.05) is 49.0 Å². The molecule has 0 bridgehead atoms. The van der Waals surface area contributed by atoms with Crippen molar-refractivity contribution in [3.63, 3.8) is 0 Å². The van der Waals surface area contributed by atoms with Gasteiger partial charge in [0.05, 0.1) is 18.8 Å². The van der Waals surface area contributed by atoms with Crippen LogP contribution >= 0.6 is 11.8 Å². The Morgan fingerprint density at radius 1 is 1.20 bits per heavy atom. The van der Waals surface area contributed by atoms with Gasteiger partial charge in [-0.2, -0.15) is 0 Å². The van der Waals surface area contributed by atoms with E-state index in [1.165, 1.54) is 4.90 Å². The summed E-state index contributed by atoms with van der Waals surface area (Å²) in [6, 6.07) is 15.8. The zero-order valence-corrected chi connectivity index (χ0v) is 15.5. The van der Waals surface area contributed by atoms with Crippen LogP contribution in [0.4, 0.5) is 11.4 Å². The summed E-state index contributed by atoms with van der Waals surface area (Å²) >= 11 is 1.91. The van der Waals surface area contributed by atoms with Crippen molar-refractivity contribution in [3.05, 3.63) is 48.5 Å². The number of ether oxygens (including phenoxy) is 1. The van der Waals surface area contributed by atoms with E-state index in [9.17, 15) is 4.79 Å². The summed E-state index contributed by atoms with van der Waals surface area (Å²) in [5.74, 6) is 0.814. The number of nitrogens with zero attached hydrogens (tertiary/aromatic N) is 1. The summed E-state index contributed by atoms with van der Waals surface area (Å²) in [5, 5.41) is 3.50. The van der Waals surface area contributed by atoms with Gasteiger partial charge in [0.15, 0.2) is 0 Å². The number of fused-ring (bicyclic) bond motifs is 1. The first-order valence-corrected chi connectivity index (χ1v) is 9.61. The second kappa shape index (κ2) is 8.30. The molecular formula is C20H24N2O2S. The van der Waals surface area contributed by atoms with E-state index < -0.39 is 0 Å². The molecule has 1 N–H and O–H groups in total. The smallest absolute Gasteiger partial charge is 0.243 e. The molecule has 0 saturated carbocycles. The summed E-state index contributed by atoms with van der Waals surface area (Å²) in [6.45, 7) is 6.05. The Bertz CT molecular complexity index is 718. The Kier molecular flexibility index (Phi) is 5.87. The Morgan fingerprint density at radius 3 is 2.68 bits per heavy atom. The molecule has 3 rings (SSSR count). The Morgan fingerprint density at radius 2 is 1.96 bits per heavy atom. The highest BCUT2D eigenvalue weighted by atomic mass is 32.2. The standard InChI is InChI=1S/C20H24N2O2S/c1-3-17-13-22(18-7-5-6-8-19(18)25-17)14-20(23)21-15-9-11-16(12-10-15)24-4-2/h5-12,17H,3-4,13-14H2,1-2H3,(H,21,23)/t17-/m1/s1. The van der Waals surface area contributed by atoms with E-state index in [0.29, 0.717) is 18.4 Å². The van der Waals surface area contributed by atoms with Crippen molar-refractivity contribution in [2.75, 3.05) is 29.9 Å². The van der Waals surface area contributed by atoms with Crippen molar-refractivity contribution < 1.29 is 9.53 Å². The van der Waals surface area contributed by atoms with E-state index in [2.05, 4.69) is 35.3 Å². The zero-order chi connectivity index (χ0) is 17.6. The molecule has 0 unspecified atom stereocenters. The molecule has 0 aromatic heterocycles. The van der Waals surface area contributed by atoms with Gasteiger partial charge in [-0.05, 0) is 49.7 Å². The predicted molar refractivity (Wildman–Crippen MR) is 105 cm³/mol. The Hall–Kier alpha value is -2.14. The lowest BCUT2D eigenvalue weighted by Gasteiger charge is -2.34. The summed E-state index contributed by atoms with van der Waals surface area (Å²) in [6.07, 6.45) is 1.09. The number of anilines is 2. The van der Waals surface area contributed by atoms with Crippen LogP contribution in [0.3, 0.4) is 0 Å². The van der Waals surface area contributed by atoms with E-state index in [-0.39, 0.29) is 5.91 Å². The highest BCUT2D eigenvalue weighted by molar-refractivity contribution is 8.00. The minimum atomic E-state index is 0.000663. The molecule has 1 aliphatic heterocycles. The minimum absolute atomic E-state index is 0.000663. The van der Waals surface area contributed by atoms with E-state index in [1.54, 1.807) is 0 Å². The van der Waals surface area contributed by atoms with E-state index in [0.717, 1.165) is 30.1 Å². The Labute approximate surface area is 153 Å². The van der Waals surface area contributed by atoms with Crippen molar-refractivity contribution >= 4 is 29.0 Å². The van der Waals surface area contributed by atoms with Gasteiger partial charge in [0.25, 0.3) is 0 Å². The lowest BCUT2D eigenvalue weighted by atomic mass is 10.2. The molecule has 4 nitrogen and oxygen atoms in total. The summed E-state index contributed by atoms with van der Waals surface area (Å²) < 4.78 is 5.43. The number of rotatable bonds is 6. The SMILES string of the molecule is CCOc1ccc(NC(=O)CN2C[C@@H](CC)Sc3ccccc32)cc1. The summed E-state index contributed by atoms with van der Waals surface area (Å²) in [4.78, 5) is 15.9. The van der Waals surface area contributed by atoms with Crippen LogP contribution < -0.4 is 15.0 Å². The van der Waals surface area contributed by atoms with Crippen LogP contribution in [0.15, 0.2) is 53.4 Å². The highest BCUT2D eigenvalue weighted by Gasteiger charge is 2.25. The first kappa shape index (κ1) is 17.7. The second-order valence-corrected chi connectivity index (χ2v) is 7.34. The Balaban J connectivity index is 1.66. The maximum Gasteiger partial charge on any atom is 0.243 e. The molecule has 0 aliphatic carbocycles. The highest BCUT2D eigenvalue weighted by Crippen LogP contribution is 2.39. The fourth-order valence-corrected chi connectivity index (χ4v) is 4.17. The minimum Gasteiger partial charge on any atom is -0.494 e. The van der Waals surface area contributed by atoms with Crippen molar-refractivity contribution in [2.24, 2.45) is 0 Å². The first-order chi connectivity index (χ1) is 12.2. The number of carbonyl (C=O) groups is 1. The fourth-order valence-electron chi connectivity index (χ4n) is 2.92. The van der Waals surface area contributed by atoms with Crippen LogP contribution in [-0.4, -0.2) is 30.9 Å². The van der Waals surface area contributed by atoms with Crippen molar-refractivity contribution in [1.29, 1.82) is 0 Å². The van der Waals surface area contributed by atoms with Gasteiger partial charge in [-0.1, -0.05) is 19.1 Å². The molecule has 132 valence electrons. The third-order valence-corrected chi connectivity index (χ3v) is 5.58. The number of carbonyl (C=O) groups excluding carboxylic acids is 1. The number of benzene rings is 2. The van der Waals surface area contributed by atoms with Gasteiger partial charge in [-0.3, -0.25) is 4.79 Å². The molecule has 5 heteroatoms. The largest absolute Gasteiger partial charge is 0.494 e. The molecular weight excluding hydrogens is 332 g/mol. The van der Waals surface area contributed by atoms with Gasteiger partial charge in [0.2, 0.25) is 5.91 Å². The average molecular weight is 356 g/mol. The third-order valence-electron chi connectivity index (χ3n) is 4.16. The van der Waals surface area contributed by atoms with Gasteiger partial charge in [-0.25, -0.2) is 0 Å². The second-order valence-electron chi connectivity index (χ2n) is 6.00. The van der Waals surface area contributed by atoms with Crippen LogP contribution in [0.5, 0.6) is 5.75 Å². The van der Waals surface area contributed by atoms with Crippen LogP contribution in [0.25, 0.3) is 0 Å². The average Bonchev–Trinajstić information content (AvgIpc) is 2.63. The number of para-hydroxylation sites is 1. The normalized spacial score (nSPS) is 16.2. The molecule has 0 fully saturated rings. The number of hydrogen-bond donors (Lipinski definition) is 1. The predicted octanol–water partition coefficient (Wildman–Crippen LogP) is 4.41. The fraction of sp³-hybridized carbons (Fsp3) is 0.350. The maximum absolute atomic E-state index is 12.5. The lowest BCUT2D eigenvalue weighted by Crippen LogP contribution is -2.40. The molecule has 25 heavy (non-hydrogen) atoms. The molecule has 0 saturated heterocycles. The molecule has 1 aliphatic rings. The lowest BCUT2D eigenvalue weighted by molar-refractivity contribution is -0.115. The van der Waals surface area contributed by atoms with Crippen LogP contribution in [0.2, 0.25) is 0 Å². The van der Waals surface area contributed by atoms with Crippen LogP contribution in [-0.2, 0) is 4.79 Å². The zero-order valence-electron chi connectivity index (χ0n) is 14.7. The van der Waals surface area contributed by atoms with Crippen molar-refractivity contribution in [2.45, 2.75) is 30.4 Å². The quantitative estimate of drug-likeness (QED) is 0.832. The van der Waals surface area contributed by atoms with Gasteiger partial charge in [-0.15, -0.1) is 11.8 Å². The monoisotopic (exact) mass is 356 g/mol. The molecule has 2 aromatic carbocycles. The molecule has 1 heterocycles. The third kappa shape index (κ3) is 4.48. The molecule has 1 amide bonds. The molecule has 2 aromatic rings. The van der Waals surface area contributed by atoms with Crippen molar-refractivity contribution in [1.82, 2.24) is 0 Å². The van der Waals surface area contributed by atoms with Gasteiger partial charge >= 0.3 is 0 Å². The number of nitrogens with one attached hydrogen (secondary N) is 1. The topological polar surface area (TPSA) is 41.6 Å². The van der Waals surface area contributed by atoms with Crippen LogP contribution in [0, 0.1) is 0 Å². The number of hydrogen-bond acceptors (Lipinski definition) is 4.